The molecule has 1 aliphatic rings. The number of hydrogen-bond acceptors (Lipinski definition) is 5. The summed E-state index contributed by atoms with van der Waals surface area (Å²) in [5.74, 6) is -0.0426. The maximum Gasteiger partial charge on any atom is 0.177 e. The van der Waals surface area contributed by atoms with Gasteiger partial charge in [0, 0.05) is 32.2 Å². The van der Waals surface area contributed by atoms with Crippen LogP contribution < -0.4 is 15.4 Å². The molecule has 1 saturated heterocycles. The van der Waals surface area contributed by atoms with Crippen molar-refractivity contribution in [1.29, 1.82) is 0 Å². The van der Waals surface area contributed by atoms with Crippen LogP contribution in [-0.4, -0.2) is 62.0 Å². The van der Waals surface area contributed by atoms with Crippen LogP contribution >= 0.6 is 0 Å². The molecule has 1 aromatic rings. The van der Waals surface area contributed by atoms with Gasteiger partial charge in [-0.05, 0) is 32.0 Å². The van der Waals surface area contributed by atoms with E-state index in [-0.39, 0.29) is 18.0 Å². The molecular weight excluding hydrogens is 285 g/mol. The number of aliphatic hydroxyl groups excluding tert-OH is 1. The molecule has 0 spiro atoms. The first-order valence-corrected chi connectivity index (χ1v) is 7.76. The van der Waals surface area contributed by atoms with Gasteiger partial charge >= 0.3 is 0 Å². The van der Waals surface area contributed by atoms with E-state index in [1.807, 2.05) is 6.07 Å². The lowest BCUT2D eigenvalue weighted by Crippen LogP contribution is -2.53. The third-order valence-corrected chi connectivity index (χ3v) is 4.14. The lowest BCUT2D eigenvalue weighted by Gasteiger charge is -2.42. The minimum atomic E-state index is -0.382. The highest BCUT2D eigenvalue weighted by atomic mass is 19.1. The van der Waals surface area contributed by atoms with E-state index in [4.69, 9.17) is 10.5 Å². The molecule has 0 aliphatic carbocycles. The second-order valence-corrected chi connectivity index (χ2v) is 5.83. The molecule has 1 fully saturated rings. The van der Waals surface area contributed by atoms with Gasteiger partial charge in [-0.3, -0.25) is 4.90 Å². The number of ether oxygens (including phenoxy) is 1. The quantitative estimate of drug-likeness (QED) is 0.822. The lowest BCUT2D eigenvalue weighted by atomic mass is 10.1. The van der Waals surface area contributed by atoms with Crippen molar-refractivity contribution in [2.75, 3.05) is 44.7 Å². The summed E-state index contributed by atoms with van der Waals surface area (Å²) < 4.78 is 19.1. The van der Waals surface area contributed by atoms with Gasteiger partial charge in [-0.15, -0.1) is 0 Å². The number of halogens is 1. The first-order valence-electron chi connectivity index (χ1n) is 7.76. The summed E-state index contributed by atoms with van der Waals surface area (Å²) in [5, 5.41) is 9.88. The van der Waals surface area contributed by atoms with E-state index < -0.39 is 0 Å². The Morgan fingerprint density at radius 2 is 2.23 bits per heavy atom. The van der Waals surface area contributed by atoms with Crippen molar-refractivity contribution in [2.24, 2.45) is 5.73 Å². The molecule has 2 unspecified atom stereocenters. The summed E-state index contributed by atoms with van der Waals surface area (Å²) >= 11 is 0. The number of hydrogen-bond donors (Lipinski definition) is 2. The van der Waals surface area contributed by atoms with Crippen molar-refractivity contribution in [3.05, 3.63) is 24.0 Å². The molecule has 6 heteroatoms. The summed E-state index contributed by atoms with van der Waals surface area (Å²) in [6, 6.07) is 5.22. The third kappa shape index (κ3) is 3.88. The van der Waals surface area contributed by atoms with Crippen molar-refractivity contribution in [3.8, 4) is 5.75 Å². The van der Waals surface area contributed by atoms with E-state index in [2.05, 4.69) is 16.7 Å². The van der Waals surface area contributed by atoms with E-state index in [1.165, 1.54) is 13.2 Å². The fourth-order valence-electron chi connectivity index (χ4n) is 3.06. The summed E-state index contributed by atoms with van der Waals surface area (Å²) in [6.45, 7) is 5.65. The Labute approximate surface area is 131 Å². The number of aliphatic hydroxyl groups is 1. The Bertz CT molecular complexity index is 486. The van der Waals surface area contributed by atoms with Crippen LogP contribution in [0.1, 0.15) is 13.3 Å². The summed E-state index contributed by atoms with van der Waals surface area (Å²) in [4.78, 5) is 4.39. The molecule has 5 nitrogen and oxygen atoms in total. The maximum atomic E-state index is 13.9. The summed E-state index contributed by atoms with van der Waals surface area (Å²) in [6.07, 6.45) is 0.235. The Morgan fingerprint density at radius 3 is 2.86 bits per heavy atom. The predicted octanol–water partition coefficient (Wildman–Crippen LogP) is 1.05. The van der Waals surface area contributed by atoms with Crippen molar-refractivity contribution < 1.29 is 14.2 Å². The van der Waals surface area contributed by atoms with Crippen LogP contribution in [0.15, 0.2) is 18.2 Å². The van der Waals surface area contributed by atoms with Crippen LogP contribution in [0.3, 0.4) is 0 Å². The molecule has 0 amide bonds. The molecule has 0 bridgehead atoms. The fraction of sp³-hybridized carbons (Fsp3) is 0.625. The zero-order chi connectivity index (χ0) is 16.1. The zero-order valence-electron chi connectivity index (χ0n) is 13.3. The molecule has 0 radical (unpaired) electrons. The number of rotatable bonds is 6. The molecule has 22 heavy (non-hydrogen) atoms. The lowest BCUT2D eigenvalue weighted by molar-refractivity contribution is 0.0971. The third-order valence-electron chi connectivity index (χ3n) is 4.14. The number of nitrogens with zero attached hydrogens (tertiary/aromatic N) is 2. The largest absolute Gasteiger partial charge is 0.492 e. The standard InChI is InChI=1S/C16H26FN3O2/c1-12-10-19(11-13(21)6-7-18)8-9-20(12)15-5-3-4-14(17)16(15)22-2/h3-5,12-13,21H,6-11,18H2,1-2H3. The number of β-amino-alcohol motifs (C(OH)–C–C–N with tert-alkyl or cyclic N) is 1. The monoisotopic (exact) mass is 311 g/mol. The van der Waals surface area contributed by atoms with Gasteiger partial charge in [0.2, 0.25) is 0 Å². The first kappa shape index (κ1) is 17.0. The van der Waals surface area contributed by atoms with Gasteiger partial charge in [-0.2, -0.15) is 0 Å². The number of benzene rings is 1. The molecule has 0 aromatic heterocycles. The maximum absolute atomic E-state index is 13.9. The van der Waals surface area contributed by atoms with Crippen molar-refractivity contribution >= 4 is 5.69 Å². The highest BCUT2D eigenvalue weighted by molar-refractivity contribution is 5.60. The molecule has 3 N–H and O–H groups in total. The van der Waals surface area contributed by atoms with E-state index in [1.54, 1.807) is 6.07 Å². The van der Waals surface area contributed by atoms with Crippen molar-refractivity contribution in [2.45, 2.75) is 25.5 Å². The van der Waals surface area contributed by atoms with Gasteiger partial charge in [-0.1, -0.05) is 6.07 Å². The van der Waals surface area contributed by atoms with Gasteiger partial charge in [0.05, 0.1) is 18.9 Å². The topological polar surface area (TPSA) is 62.0 Å². The Hall–Kier alpha value is -1.37. The highest BCUT2D eigenvalue weighted by Crippen LogP contribution is 2.33. The molecule has 0 saturated carbocycles. The summed E-state index contributed by atoms with van der Waals surface area (Å²) in [5.41, 5.74) is 6.26. The average Bonchev–Trinajstić information content (AvgIpc) is 2.47. The average molecular weight is 311 g/mol. The Balaban J connectivity index is 2.03. The number of piperazine rings is 1. The minimum absolute atomic E-state index is 0.217. The Morgan fingerprint density at radius 1 is 1.45 bits per heavy atom. The van der Waals surface area contributed by atoms with Crippen LogP contribution in [-0.2, 0) is 0 Å². The number of nitrogens with two attached hydrogens (primary N) is 1. The van der Waals surface area contributed by atoms with E-state index >= 15 is 0 Å². The van der Waals surface area contributed by atoms with E-state index in [9.17, 15) is 9.50 Å². The number of anilines is 1. The van der Waals surface area contributed by atoms with Gasteiger partial charge in [-0.25, -0.2) is 4.39 Å². The predicted molar refractivity (Wildman–Crippen MR) is 85.9 cm³/mol. The Kier molecular flexibility index (Phi) is 5.99. The molecule has 1 heterocycles. The second-order valence-electron chi connectivity index (χ2n) is 5.83. The molecule has 124 valence electrons. The van der Waals surface area contributed by atoms with Crippen LogP contribution in [0.4, 0.5) is 10.1 Å². The van der Waals surface area contributed by atoms with Gasteiger partial charge < -0.3 is 20.5 Å². The van der Waals surface area contributed by atoms with E-state index in [0.29, 0.717) is 25.3 Å². The second kappa shape index (κ2) is 7.76. The fourth-order valence-corrected chi connectivity index (χ4v) is 3.06. The van der Waals surface area contributed by atoms with Crippen LogP contribution in [0.25, 0.3) is 0 Å². The highest BCUT2D eigenvalue weighted by Gasteiger charge is 2.27. The number of methoxy groups -OCH3 is 1. The van der Waals surface area contributed by atoms with Gasteiger partial charge in [0.15, 0.2) is 11.6 Å². The summed E-state index contributed by atoms with van der Waals surface area (Å²) in [7, 11) is 1.49. The molecule has 1 aromatic carbocycles. The van der Waals surface area contributed by atoms with Gasteiger partial charge in [0.25, 0.3) is 0 Å². The molecular formula is C16H26FN3O2. The normalized spacial score (nSPS) is 21.0. The van der Waals surface area contributed by atoms with Crippen molar-refractivity contribution in [1.82, 2.24) is 4.90 Å². The molecule has 2 atom stereocenters. The first-order chi connectivity index (χ1) is 10.6. The SMILES string of the molecule is COc1c(F)cccc1N1CCN(CC(O)CCN)CC1C. The van der Waals surface area contributed by atoms with E-state index in [0.717, 1.165) is 25.3 Å². The zero-order valence-corrected chi connectivity index (χ0v) is 13.3. The van der Waals surface area contributed by atoms with Crippen LogP contribution in [0.5, 0.6) is 5.75 Å². The van der Waals surface area contributed by atoms with Crippen LogP contribution in [0.2, 0.25) is 0 Å². The smallest absolute Gasteiger partial charge is 0.177 e. The number of para-hydroxylation sites is 1. The van der Waals surface area contributed by atoms with Gasteiger partial charge in [0.1, 0.15) is 0 Å². The minimum Gasteiger partial charge on any atom is -0.492 e. The molecule has 1 aliphatic heterocycles. The molecule has 2 rings (SSSR count). The van der Waals surface area contributed by atoms with Crippen LogP contribution in [0, 0.1) is 5.82 Å². The van der Waals surface area contributed by atoms with Crippen molar-refractivity contribution in [3.63, 3.8) is 0 Å².